The summed E-state index contributed by atoms with van der Waals surface area (Å²) in [6.07, 6.45) is 0.133. The second-order valence-electron chi connectivity index (χ2n) is 6.22. The highest BCUT2D eigenvalue weighted by atomic mass is 35.5. The van der Waals surface area contributed by atoms with E-state index in [0.29, 0.717) is 22.9 Å². The van der Waals surface area contributed by atoms with Crippen molar-refractivity contribution >= 4 is 29.1 Å². The Kier molecular flexibility index (Phi) is 7.18. The van der Waals surface area contributed by atoms with Crippen molar-refractivity contribution in [2.75, 3.05) is 5.32 Å². The number of hydrogen-bond donors (Lipinski definition) is 2. The van der Waals surface area contributed by atoms with E-state index in [1.54, 1.807) is 37.3 Å². The van der Waals surface area contributed by atoms with E-state index in [1.165, 1.54) is 0 Å². The monoisotopic (exact) mass is 374 g/mol. The van der Waals surface area contributed by atoms with Gasteiger partial charge in [0.2, 0.25) is 5.91 Å². The lowest BCUT2D eigenvalue weighted by atomic mass is 10.2. The van der Waals surface area contributed by atoms with Gasteiger partial charge in [-0.1, -0.05) is 35.9 Å². The number of nitrogens with one attached hydrogen (secondary N) is 2. The van der Waals surface area contributed by atoms with Crippen LogP contribution in [0.25, 0.3) is 0 Å². The van der Waals surface area contributed by atoms with Crippen molar-refractivity contribution in [3.05, 3.63) is 64.7 Å². The number of ether oxygens (including phenoxy) is 1. The van der Waals surface area contributed by atoms with Gasteiger partial charge in [0.25, 0.3) is 5.91 Å². The fourth-order valence-electron chi connectivity index (χ4n) is 2.24. The minimum atomic E-state index is -0.714. The zero-order valence-corrected chi connectivity index (χ0v) is 15.8. The second kappa shape index (κ2) is 9.36. The Morgan fingerprint density at radius 1 is 1.08 bits per heavy atom. The van der Waals surface area contributed by atoms with Crippen LogP contribution < -0.4 is 10.6 Å². The van der Waals surface area contributed by atoms with E-state index < -0.39 is 11.9 Å². The summed E-state index contributed by atoms with van der Waals surface area (Å²) in [5.41, 5.74) is 1.95. The Labute approximate surface area is 158 Å². The van der Waals surface area contributed by atoms with Crippen LogP contribution >= 0.6 is 11.6 Å². The molecule has 0 aliphatic rings. The average molecular weight is 375 g/mol. The number of carbonyl (C=O) groups is 2. The normalized spacial score (nSPS) is 11.9. The molecule has 0 bridgehead atoms. The predicted molar refractivity (Wildman–Crippen MR) is 103 cm³/mol. The van der Waals surface area contributed by atoms with Crippen molar-refractivity contribution in [2.24, 2.45) is 0 Å². The van der Waals surface area contributed by atoms with Gasteiger partial charge < -0.3 is 15.4 Å². The molecule has 1 unspecified atom stereocenters. The molecule has 2 amide bonds. The van der Waals surface area contributed by atoms with Gasteiger partial charge in [0, 0.05) is 5.69 Å². The molecule has 5 nitrogen and oxygen atoms in total. The van der Waals surface area contributed by atoms with Crippen molar-refractivity contribution in [3.63, 3.8) is 0 Å². The Balaban J connectivity index is 1.95. The average Bonchev–Trinajstić information content (AvgIpc) is 2.60. The Hall–Kier alpha value is -2.37. The summed E-state index contributed by atoms with van der Waals surface area (Å²) >= 11 is 6.01. The van der Waals surface area contributed by atoms with Crippen LogP contribution in [0, 0.1) is 0 Å². The molecule has 0 aliphatic carbocycles. The minimum Gasteiger partial charge on any atom is -0.374 e. The first-order valence-electron chi connectivity index (χ1n) is 8.43. The Morgan fingerprint density at radius 2 is 1.81 bits per heavy atom. The highest BCUT2D eigenvalue weighted by Crippen LogP contribution is 2.15. The maximum Gasteiger partial charge on any atom is 0.253 e. The quantitative estimate of drug-likeness (QED) is 0.769. The Morgan fingerprint density at radius 3 is 2.50 bits per heavy atom. The van der Waals surface area contributed by atoms with Gasteiger partial charge in [-0.2, -0.15) is 0 Å². The largest absolute Gasteiger partial charge is 0.374 e. The van der Waals surface area contributed by atoms with E-state index in [4.69, 9.17) is 16.3 Å². The molecule has 138 valence electrons. The molecule has 0 aromatic heterocycles. The molecular weight excluding hydrogens is 352 g/mol. The molecule has 0 aliphatic heterocycles. The van der Waals surface area contributed by atoms with Gasteiger partial charge in [0.1, 0.15) is 6.04 Å². The summed E-state index contributed by atoms with van der Waals surface area (Å²) in [5, 5.41) is 5.79. The molecule has 2 rings (SSSR count). The summed E-state index contributed by atoms with van der Waals surface area (Å²) in [6, 6.07) is 13.4. The molecular formula is C20H23ClN2O3. The lowest BCUT2D eigenvalue weighted by Crippen LogP contribution is -2.41. The van der Waals surface area contributed by atoms with Gasteiger partial charge in [0.05, 0.1) is 23.3 Å². The van der Waals surface area contributed by atoms with Gasteiger partial charge in [-0.15, -0.1) is 0 Å². The van der Waals surface area contributed by atoms with Gasteiger partial charge in [0.15, 0.2) is 0 Å². The van der Waals surface area contributed by atoms with E-state index in [-0.39, 0.29) is 12.0 Å². The van der Waals surface area contributed by atoms with Crippen LogP contribution in [-0.2, 0) is 16.1 Å². The van der Waals surface area contributed by atoms with Gasteiger partial charge in [-0.05, 0) is 50.6 Å². The molecule has 0 radical (unpaired) electrons. The topological polar surface area (TPSA) is 67.4 Å². The molecule has 0 saturated heterocycles. The summed E-state index contributed by atoms with van der Waals surface area (Å²) in [5.74, 6) is -0.704. The van der Waals surface area contributed by atoms with Crippen LogP contribution in [0.15, 0.2) is 48.5 Å². The summed E-state index contributed by atoms with van der Waals surface area (Å²) < 4.78 is 5.57. The standard InChI is InChI=1S/C20H23ClN2O3/c1-13(2)26-12-15-7-6-8-16(11-15)23-19(24)14(3)22-20(25)17-9-4-5-10-18(17)21/h4-11,13-14H,12H2,1-3H3,(H,22,25)(H,23,24). The highest BCUT2D eigenvalue weighted by molar-refractivity contribution is 6.33. The lowest BCUT2D eigenvalue weighted by Gasteiger charge is -2.15. The van der Waals surface area contributed by atoms with Gasteiger partial charge in [-0.25, -0.2) is 0 Å². The van der Waals surface area contributed by atoms with Gasteiger partial charge in [-0.3, -0.25) is 9.59 Å². The third-order valence-corrected chi connectivity index (χ3v) is 3.97. The maximum absolute atomic E-state index is 12.4. The third kappa shape index (κ3) is 5.86. The van der Waals surface area contributed by atoms with Crippen molar-refractivity contribution in [1.29, 1.82) is 0 Å². The molecule has 0 saturated carbocycles. The van der Waals surface area contributed by atoms with Crippen molar-refractivity contribution in [2.45, 2.75) is 39.5 Å². The van der Waals surface area contributed by atoms with E-state index in [0.717, 1.165) is 5.56 Å². The number of hydrogen-bond acceptors (Lipinski definition) is 3. The molecule has 2 N–H and O–H groups in total. The number of halogens is 1. The first-order chi connectivity index (χ1) is 12.4. The fraction of sp³-hybridized carbons (Fsp3) is 0.300. The van der Waals surface area contributed by atoms with Crippen LogP contribution in [0.1, 0.15) is 36.7 Å². The number of benzene rings is 2. The van der Waals surface area contributed by atoms with Crippen LogP contribution in [-0.4, -0.2) is 24.0 Å². The van der Waals surface area contributed by atoms with Crippen LogP contribution in [0.3, 0.4) is 0 Å². The minimum absolute atomic E-state index is 0.133. The zero-order chi connectivity index (χ0) is 19.1. The first-order valence-corrected chi connectivity index (χ1v) is 8.81. The first kappa shape index (κ1) is 19.9. The molecule has 0 spiro atoms. The zero-order valence-electron chi connectivity index (χ0n) is 15.1. The predicted octanol–water partition coefficient (Wildman–Crippen LogP) is 4.02. The fourth-order valence-corrected chi connectivity index (χ4v) is 2.46. The van der Waals surface area contributed by atoms with E-state index in [9.17, 15) is 9.59 Å². The van der Waals surface area contributed by atoms with E-state index >= 15 is 0 Å². The summed E-state index contributed by atoms with van der Waals surface area (Å²) in [4.78, 5) is 24.6. The summed E-state index contributed by atoms with van der Waals surface area (Å²) in [7, 11) is 0. The van der Waals surface area contributed by atoms with Crippen LogP contribution in [0.4, 0.5) is 5.69 Å². The molecule has 1 atom stereocenters. The van der Waals surface area contributed by atoms with E-state index in [2.05, 4.69) is 10.6 Å². The smallest absolute Gasteiger partial charge is 0.253 e. The molecule has 6 heteroatoms. The molecule has 0 heterocycles. The van der Waals surface area contributed by atoms with Crippen LogP contribution in [0.5, 0.6) is 0 Å². The lowest BCUT2D eigenvalue weighted by molar-refractivity contribution is -0.117. The SMILES string of the molecule is CC(C)OCc1cccc(NC(=O)C(C)NC(=O)c2ccccc2Cl)c1. The number of anilines is 1. The number of carbonyl (C=O) groups excluding carboxylic acids is 2. The highest BCUT2D eigenvalue weighted by Gasteiger charge is 2.18. The van der Waals surface area contributed by atoms with E-state index in [1.807, 2.05) is 32.0 Å². The second-order valence-corrected chi connectivity index (χ2v) is 6.63. The van der Waals surface area contributed by atoms with Crippen molar-refractivity contribution in [1.82, 2.24) is 5.32 Å². The third-order valence-electron chi connectivity index (χ3n) is 3.64. The molecule has 26 heavy (non-hydrogen) atoms. The van der Waals surface area contributed by atoms with Crippen molar-refractivity contribution < 1.29 is 14.3 Å². The maximum atomic E-state index is 12.4. The molecule has 0 fully saturated rings. The molecule has 2 aromatic carbocycles. The number of rotatable bonds is 7. The Bertz CT molecular complexity index is 777. The van der Waals surface area contributed by atoms with Crippen molar-refractivity contribution in [3.8, 4) is 0 Å². The van der Waals surface area contributed by atoms with Gasteiger partial charge >= 0.3 is 0 Å². The number of amides is 2. The summed E-state index contributed by atoms with van der Waals surface area (Å²) in [6.45, 7) is 6.03. The molecule has 2 aromatic rings. The van der Waals surface area contributed by atoms with Crippen LogP contribution in [0.2, 0.25) is 5.02 Å².